The van der Waals surface area contributed by atoms with E-state index in [0.717, 1.165) is 5.56 Å². The van der Waals surface area contributed by atoms with Crippen LogP contribution in [0.25, 0.3) is 22.1 Å². The van der Waals surface area contributed by atoms with Crippen molar-refractivity contribution < 1.29 is 9.21 Å². The molecule has 0 saturated heterocycles. The summed E-state index contributed by atoms with van der Waals surface area (Å²) in [5.74, 6) is -0.115. The summed E-state index contributed by atoms with van der Waals surface area (Å²) in [6.45, 7) is 8.75. The molecule has 0 atom stereocenters. The van der Waals surface area contributed by atoms with Crippen LogP contribution in [0.2, 0.25) is 0 Å². The summed E-state index contributed by atoms with van der Waals surface area (Å²) in [5.41, 5.74) is 2.61. The molecule has 0 spiro atoms. The summed E-state index contributed by atoms with van der Waals surface area (Å²) in [6, 6.07) is 7.08. The van der Waals surface area contributed by atoms with Crippen LogP contribution in [-0.2, 0) is 0 Å². The van der Waals surface area contributed by atoms with Gasteiger partial charge in [0.15, 0.2) is 0 Å². The molecular formula is C19H20N2O3. The van der Waals surface area contributed by atoms with Crippen LogP contribution >= 0.6 is 0 Å². The van der Waals surface area contributed by atoms with Crippen molar-refractivity contribution in [3.05, 3.63) is 51.3 Å². The van der Waals surface area contributed by atoms with E-state index in [1.807, 2.05) is 26.8 Å². The molecule has 2 heterocycles. The van der Waals surface area contributed by atoms with E-state index in [1.54, 1.807) is 30.0 Å². The van der Waals surface area contributed by atoms with Gasteiger partial charge in [-0.3, -0.25) is 9.59 Å². The number of hydrogen-bond donors (Lipinski definition) is 0. The third-order valence-electron chi connectivity index (χ3n) is 4.29. The first-order chi connectivity index (χ1) is 11.5. The first-order valence-electron chi connectivity index (χ1n) is 8.10. The van der Waals surface area contributed by atoms with Crippen molar-refractivity contribution in [3.63, 3.8) is 0 Å². The zero-order chi connectivity index (χ0) is 17.4. The van der Waals surface area contributed by atoms with Crippen LogP contribution in [0.5, 0.6) is 0 Å². The minimum absolute atomic E-state index is 0.115. The maximum atomic E-state index is 12.8. The number of pyridine rings is 1. The van der Waals surface area contributed by atoms with Gasteiger partial charge in [0.2, 0.25) is 11.1 Å². The predicted octanol–water partition coefficient (Wildman–Crippen LogP) is 3.44. The number of amides is 1. The summed E-state index contributed by atoms with van der Waals surface area (Å²) in [4.78, 5) is 31.5. The molecule has 3 aromatic rings. The molecule has 1 aromatic carbocycles. The number of aryl methyl sites for hydroxylation is 2. The molecule has 0 aliphatic rings. The lowest BCUT2D eigenvalue weighted by Gasteiger charge is -2.19. The van der Waals surface area contributed by atoms with Gasteiger partial charge in [-0.2, -0.15) is 0 Å². The van der Waals surface area contributed by atoms with Crippen molar-refractivity contribution in [2.45, 2.75) is 27.7 Å². The van der Waals surface area contributed by atoms with Crippen LogP contribution in [-0.4, -0.2) is 28.9 Å². The molecule has 0 N–H and O–H groups in total. The Morgan fingerprint density at radius 2 is 1.83 bits per heavy atom. The monoisotopic (exact) mass is 324 g/mol. The quantitative estimate of drug-likeness (QED) is 0.692. The van der Waals surface area contributed by atoms with Crippen LogP contribution in [0.15, 0.2) is 33.5 Å². The highest BCUT2D eigenvalue weighted by atomic mass is 16.3. The van der Waals surface area contributed by atoms with Gasteiger partial charge in [0.1, 0.15) is 5.58 Å². The van der Waals surface area contributed by atoms with Gasteiger partial charge < -0.3 is 9.32 Å². The average Bonchev–Trinajstić information content (AvgIpc) is 2.56. The number of carbonyl (C=O) groups excluding carboxylic acids is 1. The maximum Gasteiger partial charge on any atom is 0.255 e. The molecule has 0 fully saturated rings. The van der Waals surface area contributed by atoms with Crippen LogP contribution in [0.1, 0.15) is 35.5 Å². The van der Waals surface area contributed by atoms with E-state index < -0.39 is 0 Å². The maximum absolute atomic E-state index is 12.8. The lowest BCUT2D eigenvalue weighted by atomic mass is 10.1. The van der Waals surface area contributed by atoms with Crippen molar-refractivity contribution in [3.8, 4) is 0 Å². The molecule has 0 saturated carbocycles. The number of nitrogens with zero attached hydrogens (tertiary/aromatic N) is 2. The van der Waals surface area contributed by atoms with Gasteiger partial charge in [-0.25, -0.2) is 4.98 Å². The number of benzene rings is 1. The fraction of sp³-hybridized carbons (Fsp3) is 0.316. The Labute approximate surface area is 139 Å². The molecule has 3 rings (SSSR count). The number of fused-ring (bicyclic) bond motifs is 2. The average molecular weight is 324 g/mol. The largest absolute Gasteiger partial charge is 0.437 e. The second-order valence-corrected chi connectivity index (χ2v) is 5.88. The van der Waals surface area contributed by atoms with E-state index >= 15 is 0 Å². The van der Waals surface area contributed by atoms with Gasteiger partial charge in [0.25, 0.3) is 5.91 Å². The fourth-order valence-electron chi connectivity index (χ4n) is 2.88. The van der Waals surface area contributed by atoms with E-state index in [0.29, 0.717) is 40.7 Å². The Balaban J connectivity index is 2.30. The molecular weight excluding hydrogens is 304 g/mol. The van der Waals surface area contributed by atoms with Gasteiger partial charge in [-0.05, 0) is 45.9 Å². The summed E-state index contributed by atoms with van der Waals surface area (Å²) in [7, 11) is 0. The highest BCUT2D eigenvalue weighted by molar-refractivity contribution is 5.99. The van der Waals surface area contributed by atoms with Crippen LogP contribution < -0.4 is 5.43 Å². The Kier molecular flexibility index (Phi) is 4.09. The second kappa shape index (κ2) is 6.07. The third kappa shape index (κ3) is 2.56. The predicted molar refractivity (Wildman–Crippen MR) is 94.5 cm³/mol. The molecule has 5 nitrogen and oxygen atoms in total. The summed E-state index contributed by atoms with van der Waals surface area (Å²) in [5, 5.41) is 0.851. The van der Waals surface area contributed by atoms with Gasteiger partial charge in [0, 0.05) is 13.1 Å². The molecule has 0 aliphatic carbocycles. The van der Waals surface area contributed by atoms with Crippen LogP contribution in [0.3, 0.4) is 0 Å². The zero-order valence-corrected chi connectivity index (χ0v) is 14.3. The third-order valence-corrected chi connectivity index (χ3v) is 4.29. The first-order valence-corrected chi connectivity index (χ1v) is 8.10. The van der Waals surface area contributed by atoms with E-state index in [4.69, 9.17) is 4.42 Å². The lowest BCUT2D eigenvalue weighted by molar-refractivity contribution is 0.0772. The Hall–Kier alpha value is -2.69. The normalized spacial score (nSPS) is 11.2. The number of aromatic nitrogens is 1. The Morgan fingerprint density at radius 1 is 1.12 bits per heavy atom. The summed E-state index contributed by atoms with van der Waals surface area (Å²) >= 11 is 0. The highest BCUT2D eigenvalue weighted by Gasteiger charge is 2.19. The number of hydrogen-bond acceptors (Lipinski definition) is 4. The molecule has 24 heavy (non-hydrogen) atoms. The Morgan fingerprint density at radius 3 is 2.50 bits per heavy atom. The van der Waals surface area contributed by atoms with Crippen LogP contribution in [0.4, 0.5) is 0 Å². The summed E-state index contributed by atoms with van der Waals surface area (Å²) < 4.78 is 5.77. The zero-order valence-electron chi connectivity index (χ0n) is 14.3. The van der Waals surface area contributed by atoms with Crippen molar-refractivity contribution in [1.29, 1.82) is 0 Å². The van der Waals surface area contributed by atoms with Crippen molar-refractivity contribution in [2.24, 2.45) is 0 Å². The standard InChI is InChI=1S/C19H20N2O3/c1-5-21(6-2)19(23)13-10-15-17(22)14-9-11(3)7-8-16(14)24-18(15)20-12(13)4/h7-10H,5-6H2,1-4H3. The van der Waals surface area contributed by atoms with Gasteiger partial charge >= 0.3 is 0 Å². The number of rotatable bonds is 3. The van der Waals surface area contributed by atoms with E-state index in [9.17, 15) is 9.59 Å². The molecule has 5 heteroatoms. The molecule has 1 amide bonds. The lowest BCUT2D eigenvalue weighted by Crippen LogP contribution is -2.31. The van der Waals surface area contributed by atoms with E-state index in [2.05, 4.69) is 4.98 Å². The smallest absolute Gasteiger partial charge is 0.255 e. The highest BCUT2D eigenvalue weighted by Crippen LogP contribution is 2.21. The van der Waals surface area contributed by atoms with E-state index in [1.165, 1.54) is 0 Å². The summed E-state index contributed by atoms with van der Waals surface area (Å²) in [6.07, 6.45) is 0. The molecule has 124 valence electrons. The minimum Gasteiger partial charge on any atom is -0.437 e. The van der Waals surface area contributed by atoms with E-state index in [-0.39, 0.29) is 17.0 Å². The minimum atomic E-state index is -0.156. The molecule has 0 unspecified atom stereocenters. The van der Waals surface area contributed by atoms with Crippen molar-refractivity contribution in [2.75, 3.05) is 13.1 Å². The number of carbonyl (C=O) groups is 1. The molecule has 0 bridgehead atoms. The Bertz CT molecular complexity index is 1000. The first kappa shape index (κ1) is 16.2. The molecule has 0 aliphatic heterocycles. The topological polar surface area (TPSA) is 63.4 Å². The SMILES string of the molecule is CCN(CC)C(=O)c1cc2c(=O)c3cc(C)ccc3oc2nc1C. The van der Waals surface area contributed by atoms with Gasteiger partial charge in [-0.15, -0.1) is 0 Å². The second-order valence-electron chi connectivity index (χ2n) is 5.88. The fourth-order valence-corrected chi connectivity index (χ4v) is 2.88. The molecule has 2 aromatic heterocycles. The van der Waals surface area contributed by atoms with Gasteiger partial charge in [0.05, 0.1) is 22.0 Å². The molecule has 0 radical (unpaired) electrons. The van der Waals surface area contributed by atoms with Crippen LogP contribution in [0, 0.1) is 13.8 Å². The van der Waals surface area contributed by atoms with Crippen molar-refractivity contribution >= 4 is 28.0 Å². The van der Waals surface area contributed by atoms with Crippen molar-refractivity contribution in [1.82, 2.24) is 9.88 Å². The van der Waals surface area contributed by atoms with Gasteiger partial charge in [-0.1, -0.05) is 11.6 Å².